The van der Waals surface area contributed by atoms with Crippen LogP contribution in [0.1, 0.15) is 59.8 Å². The molecule has 0 radical (unpaired) electrons. The van der Waals surface area contributed by atoms with Gasteiger partial charge < -0.3 is 10.6 Å². The third kappa shape index (κ3) is 4.97. The molecule has 1 saturated carbocycles. The minimum Gasteiger partial charge on any atom is -0.314 e. The number of rotatable bonds is 6. The van der Waals surface area contributed by atoms with Gasteiger partial charge in [0.1, 0.15) is 0 Å². The largest absolute Gasteiger partial charge is 0.314 e. The standard InChI is InChI=1S/C15H32N2/c1-14(2,13-9-7-6-8-10-13)11-17-12-15(3,4)16-5/h13,16-17H,6-12H2,1-5H3. The van der Waals surface area contributed by atoms with E-state index in [1.165, 1.54) is 32.1 Å². The Balaban J connectivity index is 2.33. The Labute approximate surface area is 108 Å². The topological polar surface area (TPSA) is 24.1 Å². The molecule has 0 aromatic rings. The van der Waals surface area contributed by atoms with Gasteiger partial charge in [0.2, 0.25) is 0 Å². The number of nitrogens with one attached hydrogen (secondary N) is 2. The lowest BCUT2D eigenvalue weighted by Crippen LogP contribution is -2.48. The smallest absolute Gasteiger partial charge is 0.0246 e. The maximum atomic E-state index is 3.65. The van der Waals surface area contributed by atoms with Gasteiger partial charge in [-0.3, -0.25) is 0 Å². The molecule has 102 valence electrons. The molecule has 1 aliphatic carbocycles. The second-order valence-corrected chi connectivity index (χ2v) is 7.06. The van der Waals surface area contributed by atoms with Gasteiger partial charge in [0, 0.05) is 18.6 Å². The van der Waals surface area contributed by atoms with E-state index >= 15 is 0 Å². The van der Waals surface area contributed by atoms with Gasteiger partial charge >= 0.3 is 0 Å². The summed E-state index contributed by atoms with van der Waals surface area (Å²) >= 11 is 0. The van der Waals surface area contributed by atoms with E-state index in [9.17, 15) is 0 Å². The Kier molecular flexibility index (Phi) is 5.46. The fraction of sp³-hybridized carbons (Fsp3) is 1.00. The van der Waals surface area contributed by atoms with Crippen LogP contribution in [0.15, 0.2) is 0 Å². The Morgan fingerprint density at radius 3 is 2.06 bits per heavy atom. The molecule has 2 nitrogen and oxygen atoms in total. The highest BCUT2D eigenvalue weighted by molar-refractivity contribution is 4.85. The molecule has 0 spiro atoms. The zero-order chi connectivity index (χ0) is 12.9. The van der Waals surface area contributed by atoms with Crippen molar-refractivity contribution < 1.29 is 0 Å². The Morgan fingerprint density at radius 2 is 1.53 bits per heavy atom. The average Bonchev–Trinajstić information content (AvgIpc) is 2.30. The molecule has 1 aliphatic rings. The van der Waals surface area contributed by atoms with Gasteiger partial charge in [0.15, 0.2) is 0 Å². The van der Waals surface area contributed by atoms with Gasteiger partial charge in [0.05, 0.1) is 0 Å². The van der Waals surface area contributed by atoms with E-state index in [1.807, 2.05) is 7.05 Å². The van der Waals surface area contributed by atoms with E-state index in [0.29, 0.717) is 5.41 Å². The van der Waals surface area contributed by atoms with Crippen molar-refractivity contribution >= 4 is 0 Å². The third-order valence-corrected chi connectivity index (χ3v) is 4.53. The predicted molar refractivity (Wildman–Crippen MR) is 76.4 cm³/mol. The lowest BCUT2D eigenvalue weighted by molar-refractivity contribution is 0.151. The second-order valence-electron chi connectivity index (χ2n) is 7.06. The van der Waals surface area contributed by atoms with E-state index < -0.39 is 0 Å². The molecule has 0 aliphatic heterocycles. The number of hydrogen-bond donors (Lipinski definition) is 2. The van der Waals surface area contributed by atoms with Gasteiger partial charge in [0.25, 0.3) is 0 Å². The van der Waals surface area contributed by atoms with Crippen LogP contribution in [0.4, 0.5) is 0 Å². The zero-order valence-corrected chi connectivity index (χ0v) is 12.5. The molecular formula is C15H32N2. The molecule has 1 rings (SSSR count). The van der Waals surface area contributed by atoms with E-state index in [-0.39, 0.29) is 5.54 Å². The Morgan fingerprint density at radius 1 is 0.941 bits per heavy atom. The summed E-state index contributed by atoms with van der Waals surface area (Å²) in [5, 5.41) is 7.00. The van der Waals surface area contributed by atoms with Crippen LogP contribution in [-0.4, -0.2) is 25.7 Å². The Bertz CT molecular complexity index is 215. The minimum absolute atomic E-state index is 0.197. The van der Waals surface area contributed by atoms with E-state index in [1.54, 1.807) is 0 Å². The van der Waals surface area contributed by atoms with Crippen molar-refractivity contribution in [3.63, 3.8) is 0 Å². The van der Waals surface area contributed by atoms with Gasteiger partial charge in [-0.05, 0) is 45.1 Å². The lowest BCUT2D eigenvalue weighted by Gasteiger charge is -2.38. The van der Waals surface area contributed by atoms with Crippen LogP contribution >= 0.6 is 0 Å². The highest BCUT2D eigenvalue weighted by Gasteiger charge is 2.30. The first kappa shape index (κ1) is 15.0. The van der Waals surface area contributed by atoms with Crippen LogP contribution < -0.4 is 10.6 Å². The van der Waals surface area contributed by atoms with Crippen LogP contribution in [0.5, 0.6) is 0 Å². The summed E-state index contributed by atoms with van der Waals surface area (Å²) in [6, 6.07) is 0. The van der Waals surface area contributed by atoms with E-state index in [2.05, 4.69) is 38.3 Å². The molecule has 2 N–H and O–H groups in total. The van der Waals surface area contributed by atoms with Gasteiger partial charge in [-0.1, -0.05) is 33.1 Å². The van der Waals surface area contributed by atoms with Crippen molar-refractivity contribution in [1.82, 2.24) is 10.6 Å². The SMILES string of the molecule is CNC(C)(C)CNCC(C)(C)C1CCCCC1. The summed E-state index contributed by atoms with van der Waals surface area (Å²) in [5.41, 5.74) is 0.646. The molecule has 0 bridgehead atoms. The Hall–Kier alpha value is -0.0800. The first-order valence-corrected chi connectivity index (χ1v) is 7.27. The molecule has 0 amide bonds. The molecule has 0 aromatic heterocycles. The second kappa shape index (κ2) is 6.19. The number of hydrogen-bond acceptors (Lipinski definition) is 2. The van der Waals surface area contributed by atoms with Crippen LogP contribution in [0.3, 0.4) is 0 Å². The van der Waals surface area contributed by atoms with Gasteiger partial charge in [-0.2, -0.15) is 0 Å². The highest BCUT2D eigenvalue weighted by Crippen LogP contribution is 2.37. The van der Waals surface area contributed by atoms with Crippen molar-refractivity contribution in [3.05, 3.63) is 0 Å². The van der Waals surface area contributed by atoms with Crippen molar-refractivity contribution in [2.24, 2.45) is 11.3 Å². The van der Waals surface area contributed by atoms with Crippen LogP contribution in [0.2, 0.25) is 0 Å². The fourth-order valence-corrected chi connectivity index (χ4v) is 2.81. The predicted octanol–water partition coefficient (Wildman–Crippen LogP) is 3.18. The molecule has 0 atom stereocenters. The average molecular weight is 240 g/mol. The first-order chi connectivity index (χ1) is 7.87. The monoisotopic (exact) mass is 240 g/mol. The van der Waals surface area contributed by atoms with Crippen LogP contribution in [0.25, 0.3) is 0 Å². The maximum absolute atomic E-state index is 3.65. The molecule has 0 aromatic carbocycles. The lowest BCUT2D eigenvalue weighted by atomic mass is 9.71. The fourth-order valence-electron chi connectivity index (χ4n) is 2.81. The summed E-state index contributed by atoms with van der Waals surface area (Å²) in [4.78, 5) is 0. The van der Waals surface area contributed by atoms with Crippen molar-refractivity contribution in [2.45, 2.75) is 65.3 Å². The van der Waals surface area contributed by atoms with Gasteiger partial charge in [-0.15, -0.1) is 0 Å². The number of likely N-dealkylation sites (N-methyl/N-ethyl adjacent to an activating group) is 1. The molecular weight excluding hydrogens is 208 g/mol. The maximum Gasteiger partial charge on any atom is 0.0246 e. The molecule has 2 heteroatoms. The summed E-state index contributed by atoms with van der Waals surface area (Å²) in [5.74, 6) is 0.918. The molecule has 0 unspecified atom stereocenters. The summed E-state index contributed by atoms with van der Waals surface area (Å²) in [6.07, 6.45) is 7.20. The minimum atomic E-state index is 0.197. The molecule has 17 heavy (non-hydrogen) atoms. The molecule has 0 saturated heterocycles. The van der Waals surface area contributed by atoms with E-state index in [0.717, 1.165) is 19.0 Å². The van der Waals surface area contributed by atoms with E-state index in [4.69, 9.17) is 0 Å². The first-order valence-electron chi connectivity index (χ1n) is 7.27. The van der Waals surface area contributed by atoms with Crippen molar-refractivity contribution in [2.75, 3.05) is 20.1 Å². The quantitative estimate of drug-likeness (QED) is 0.745. The van der Waals surface area contributed by atoms with Gasteiger partial charge in [-0.25, -0.2) is 0 Å². The zero-order valence-electron chi connectivity index (χ0n) is 12.5. The van der Waals surface area contributed by atoms with Crippen LogP contribution in [-0.2, 0) is 0 Å². The third-order valence-electron chi connectivity index (χ3n) is 4.53. The molecule has 0 heterocycles. The summed E-state index contributed by atoms with van der Waals surface area (Å²) in [7, 11) is 2.04. The summed E-state index contributed by atoms with van der Waals surface area (Å²) < 4.78 is 0. The van der Waals surface area contributed by atoms with Crippen molar-refractivity contribution in [1.29, 1.82) is 0 Å². The molecule has 1 fully saturated rings. The summed E-state index contributed by atoms with van der Waals surface area (Å²) in [6.45, 7) is 11.5. The van der Waals surface area contributed by atoms with Crippen molar-refractivity contribution in [3.8, 4) is 0 Å². The highest BCUT2D eigenvalue weighted by atomic mass is 15.0. The van der Waals surface area contributed by atoms with Crippen LogP contribution in [0, 0.1) is 11.3 Å². The normalized spacial score (nSPS) is 19.6.